The molecule has 2 aromatic heterocycles. The monoisotopic (exact) mass is 393 g/mol. The van der Waals surface area contributed by atoms with E-state index in [9.17, 15) is 9.59 Å². The van der Waals surface area contributed by atoms with E-state index in [2.05, 4.69) is 15.4 Å². The number of nitrogens with zero attached hydrogens (tertiary/aromatic N) is 4. The molecule has 0 radical (unpaired) electrons. The van der Waals surface area contributed by atoms with E-state index in [-0.39, 0.29) is 24.4 Å². The average molecular weight is 394 g/mol. The van der Waals surface area contributed by atoms with Crippen molar-refractivity contribution in [3.05, 3.63) is 82.5 Å². The van der Waals surface area contributed by atoms with Crippen molar-refractivity contribution >= 4 is 34.2 Å². The summed E-state index contributed by atoms with van der Waals surface area (Å²) in [7, 11) is 0. The first-order valence-electron chi connectivity index (χ1n) is 8.66. The maximum atomic E-state index is 12.7. The van der Waals surface area contributed by atoms with Crippen molar-refractivity contribution < 1.29 is 4.79 Å². The second-order valence-electron chi connectivity index (χ2n) is 6.18. The first kappa shape index (κ1) is 17.9. The van der Waals surface area contributed by atoms with Crippen LogP contribution in [0.4, 0.5) is 5.69 Å². The number of aryl methyl sites for hydroxylation is 1. The van der Waals surface area contributed by atoms with Gasteiger partial charge < -0.3 is 5.32 Å². The van der Waals surface area contributed by atoms with Gasteiger partial charge in [0.15, 0.2) is 5.65 Å². The van der Waals surface area contributed by atoms with Crippen LogP contribution in [-0.2, 0) is 11.3 Å². The van der Waals surface area contributed by atoms with Crippen LogP contribution in [-0.4, -0.2) is 25.2 Å². The summed E-state index contributed by atoms with van der Waals surface area (Å²) in [6.45, 7) is 0.220. The molecule has 4 rings (SSSR count). The maximum Gasteiger partial charge on any atom is 0.264 e. The van der Waals surface area contributed by atoms with Crippen molar-refractivity contribution in [2.75, 3.05) is 5.32 Å². The minimum atomic E-state index is -0.230. The van der Waals surface area contributed by atoms with E-state index in [4.69, 9.17) is 11.6 Å². The highest BCUT2D eigenvalue weighted by Crippen LogP contribution is 2.14. The fourth-order valence-corrected chi connectivity index (χ4v) is 2.97. The van der Waals surface area contributed by atoms with Gasteiger partial charge in [-0.25, -0.2) is 9.67 Å². The standard InChI is InChI=1S/C20H16ClN5O2/c21-14-6-8-15(9-7-14)24-18(27)10-11-25-13-22-19-17(20(25)28)12-23-26(19)16-4-2-1-3-5-16/h1-9,12-13H,10-11H2,(H,24,27). The number of hydrogen-bond acceptors (Lipinski definition) is 4. The van der Waals surface area contributed by atoms with Gasteiger partial charge in [0, 0.05) is 23.7 Å². The fraction of sp³-hybridized carbons (Fsp3) is 0.100. The highest BCUT2D eigenvalue weighted by Gasteiger charge is 2.12. The van der Waals surface area contributed by atoms with Gasteiger partial charge in [-0.2, -0.15) is 5.10 Å². The number of carbonyl (C=O) groups excluding carboxylic acids is 1. The largest absolute Gasteiger partial charge is 0.326 e. The van der Waals surface area contributed by atoms with Gasteiger partial charge in [0.25, 0.3) is 5.56 Å². The zero-order valence-corrected chi connectivity index (χ0v) is 15.5. The summed E-state index contributed by atoms with van der Waals surface area (Å²) in [5.74, 6) is -0.200. The number of rotatable bonds is 5. The number of nitrogens with one attached hydrogen (secondary N) is 1. The van der Waals surface area contributed by atoms with Crippen LogP contribution < -0.4 is 10.9 Å². The molecule has 0 atom stereocenters. The van der Waals surface area contributed by atoms with Crippen LogP contribution >= 0.6 is 11.6 Å². The van der Waals surface area contributed by atoms with Crippen molar-refractivity contribution in [2.45, 2.75) is 13.0 Å². The Kier molecular flexibility index (Phi) is 4.90. The number of fused-ring (bicyclic) bond motifs is 1. The summed E-state index contributed by atoms with van der Waals surface area (Å²) < 4.78 is 3.04. The lowest BCUT2D eigenvalue weighted by molar-refractivity contribution is -0.116. The first-order valence-corrected chi connectivity index (χ1v) is 9.03. The molecule has 0 fully saturated rings. The molecule has 140 valence electrons. The third-order valence-corrected chi connectivity index (χ3v) is 4.51. The number of hydrogen-bond donors (Lipinski definition) is 1. The molecule has 7 nitrogen and oxygen atoms in total. The van der Waals surface area contributed by atoms with Gasteiger partial charge in [0.05, 0.1) is 18.2 Å². The molecule has 1 amide bonds. The molecule has 2 heterocycles. The highest BCUT2D eigenvalue weighted by molar-refractivity contribution is 6.30. The Morgan fingerprint density at radius 3 is 2.57 bits per heavy atom. The van der Waals surface area contributed by atoms with Crippen molar-refractivity contribution in [1.29, 1.82) is 0 Å². The lowest BCUT2D eigenvalue weighted by Gasteiger charge is -2.07. The maximum absolute atomic E-state index is 12.7. The topological polar surface area (TPSA) is 81.8 Å². The molecule has 28 heavy (non-hydrogen) atoms. The number of amides is 1. The summed E-state index contributed by atoms with van der Waals surface area (Å²) in [5.41, 5.74) is 1.73. The van der Waals surface area contributed by atoms with Gasteiger partial charge >= 0.3 is 0 Å². The van der Waals surface area contributed by atoms with E-state index in [0.717, 1.165) is 5.69 Å². The molecule has 0 aliphatic rings. The van der Waals surface area contributed by atoms with E-state index in [0.29, 0.717) is 21.7 Å². The Balaban J connectivity index is 1.50. The van der Waals surface area contributed by atoms with Gasteiger partial charge in [0.2, 0.25) is 5.91 Å². The lowest BCUT2D eigenvalue weighted by atomic mass is 10.3. The molecule has 0 bridgehead atoms. The van der Waals surface area contributed by atoms with Crippen molar-refractivity contribution in [3.8, 4) is 5.69 Å². The van der Waals surface area contributed by atoms with Gasteiger partial charge in [-0.3, -0.25) is 14.2 Å². The Hall–Kier alpha value is -3.45. The minimum Gasteiger partial charge on any atom is -0.326 e. The van der Waals surface area contributed by atoms with E-state index < -0.39 is 0 Å². The number of para-hydroxylation sites is 1. The predicted octanol–water partition coefficient (Wildman–Crippen LogP) is 3.26. The number of aromatic nitrogens is 4. The SMILES string of the molecule is O=C(CCn1cnc2c(cnn2-c2ccccc2)c1=O)Nc1ccc(Cl)cc1. The molecule has 0 saturated carbocycles. The molecule has 0 unspecified atom stereocenters. The van der Waals surface area contributed by atoms with Gasteiger partial charge in [-0.05, 0) is 36.4 Å². The van der Waals surface area contributed by atoms with Crippen LogP contribution in [0, 0.1) is 0 Å². The van der Waals surface area contributed by atoms with Gasteiger partial charge in [-0.15, -0.1) is 0 Å². The van der Waals surface area contributed by atoms with E-state index >= 15 is 0 Å². The predicted molar refractivity (Wildman–Crippen MR) is 108 cm³/mol. The summed E-state index contributed by atoms with van der Waals surface area (Å²) in [5, 5.41) is 8.05. The zero-order chi connectivity index (χ0) is 19.5. The summed E-state index contributed by atoms with van der Waals surface area (Å²) in [6, 6.07) is 16.3. The van der Waals surface area contributed by atoms with E-state index in [1.807, 2.05) is 30.3 Å². The zero-order valence-electron chi connectivity index (χ0n) is 14.7. The Labute approximate surface area is 165 Å². The minimum absolute atomic E-state index is 0.141. The summed E-state index contributed by atoms with van der Waals surface area (Å²) in [6.07, 6.45) is 3.09. The molecular weight excluding hydrogens is 378 g/mol. The molecule has 8 heteroatoms. The Bertz CT molecular complexity index is 1180. The number of carbonyl (C=O) groups is 1. The molecule has 0 saturated heterocycles. The first-order chi connectivity index (χ1) is 13.6. The van der Waals surface area contributed by atoms with Gasteiger partial charge in [-0.1, -0.05) is 29.8 Å². The molecular formula is C20H16ClN5O2. The molecule has 0 spiro atoms. The highest BCUT2D eigenvalue weighted by atomic mass is 35.5. The quantitative estimate of drug-likeness (QED) is 0.564. The molecule has 2 aromatic carbocycles. The lowest BCUT2D eigenvalue weighted by Crippen LogP contribution is -2.23. The van der Waals surface area contributed by atoms with Crippen LogP contribution in [0.15, 0.2) is 71.9 Å². The van der Waals surface area contributed by atoms with Crippen molar-refractivity contribution in [1.82, 2.24) is 19.3 Å². The molecule has 0 aliphatic carbocycles. The van der Waals surface area contributed by atoms with E-state index in [1.54, 1.807) is 28.9 Å². The van der Waals surface area contributed by atoms with Crippen molar-refractivity contribution in [2.24, 2.45) is 0 Å². The van der Waals surface area contributed by atoms with Crippen molar-refractivity contribution in [3.63, 3.8) is 0 Å². The van der Waals surface area contributed by atoms with Crippen LogP contribution in [0.25, 0.3) is 16.7 Å². The average Bonchev–Trinajstić information content (AvgIpc) is 3.15. The summed E-state index contributed by atoms with van der Waals surface area (Å²) in [4.78, 5) is 29.2. The number of anilines is 1. The molecule has 0 aliphatic heterocycles. The number of halogens is 1. The summed E-state index contributed by atoms with van der Waals surface area (Å²) >= 11 is 5.83. The fourth-order valence-electron chi connectivity index (χ4n) is 2.84. The molecule has 4 aromatic rings. The van der Waals surface area contributed by atoms with Crippen LogP contribution in [0.3, 0.4) is 0 Å². The van der Waals surface area contributed by atoms with Crippen LogP contribution in [0.1, 0.15) is 6.42 Å². The second-order valence-corrected chi connectivity index (χ2v) is 6.61. The van der Waals surface area contributed by atoms with E-state index in [1.165, 1.54) is 17.1 Å². The number of benzene rings is 2. The Morgan fingerprint density at radius 1 is 1.07 bits per heavy atom. The third kappa shape index (κ3) is 3.65. The van der Waals surface area contributed by atoms with Crippen LogP contribution in [0.5, 0.6) is 0 Å². The smallest absolute Gasteiger partial charge is 0.264 e. The van der Waals surface area contributed by atoms with Gasteiger partial charge in [0.1, 0.15) is 5.39 Å². The molecule has 1 N–H and O–H groups in total. The normalized spacial score (nSPS) is 10.9. The Morgan fingerprint density at radius 2 is 1.82 bits per heavy atom. The second kappa shape index (κ2) is 7.66. The third-order valence-electron chi connectivity index (χ3n) is 4.26. The van der Waals surface area contributed by atoms with Crippen LogP contribution in [0.2, 0.25) is 5.02 Å².